The average molecular weight is 164 g/mol. The number of carboxylic acids is 1. The Morgan fingerprint density at radius 3 is 2.00 bits per heavy atom. The fourth-order valence-corrected chi connectivity index (χ4v) is 0.241. The number of carbonyl (C=O) groups is 1. The predicted molar refractivity (Wildman–Crippen MR) is 41.5 cm³/mol. The van der Waals surface area contributed by atoms with Crippen molar-refractivity contribution in [3.63, 3.8) is 0 Å². The monoisotopic (exact) mass is 164 g/mol. The number of aliphatic hydroxyl groups excluding tert-OH is 1. The third-order valence-electron chi connectivity index (χ3n) is 0.710. The molecule has 4 heteroatoms. The maximum atomic E-state index is 9.37. The molecule has 0 bridgehead atoms. The molecule has 0 spiro atoms. The number of aliphatic hydroxyl groups is 1. The van der Waals surface area contributed by atoms with Crippen molar-refractivity contribution < 1.29 is 19.7 Å². The summed E-state index contributed by atoms with van der Waals surface area (Å²) in [6.45, 7) is 3.71. The van der Waals surface area contributed by atoms with Crippen molar-refractivity contribution >= 4 is 5.97 Å². The molecule has 0 saturated carbocycles. The van der Waals surface area contributed by atoms with E-state index in [1.54, 1.807) is 21.0 Å². The molecule has 0 amide bonds. The van der Waals surface area contributed by atoms with E-state index < -0.39 is 5.97 Å². The van der Waals surface area contributed by atoms with E-state index in [-0.39, 0.29) is 12.5 Å². The number of ether oxygens (including phenoxy) is 1. The lowest BCUT2D eigenvalue weighted by atomic mass is 10.5. The summed E-state index contributed by atoms with van der Waals surface area (Å²) in [5.74, 6) is -0.745. The molecule has 68 valence electrons. The predicted octanol–water partition coefficient (Wildman–Crippen LogP) is 0.495. The zero-order chi connectivity index (χ0) is 9.28. The van der Waals surface area contributed by atoms with E-state index in [1.807, 2.05) is 0 Å². The largest absolute Gasteiger partial charge is 0.481 e. The number of methoxy groups -OCH3 is 1. The quantitative estimate of drug-likeness (QED) is 0.637. The highest BCUT2D eigenvalue weighted by Gasteiger charge is 1.87. The van der Waals surface area contributed by atoms with Crippen molar-refractivity contribution in [2.45, 2.75) is 26.4 Å². The standard InChI is InChI=1S/C4H10O2.C3H6O2/c1-4(5)3-6-2;1-2-3(4)5/h4-5H,3H2,1-2H3;2H2,1H3,(H,4,5). The van der Waals surface area contributed by atoms with Crippen molar-refractivity contribution in [1.82, 2.24) is 0 Å². The van der Waals surface area contributed by atoms with Crippen LogP contribution in [0.4, 0.5) is 0 Å². The summed E-state index contributed by atoms with van der Waals surface area (Å²) in [6, 6.07) is 0. The third-order valence-corrected chi connectivity index (χ3v) is 0.710. The van der Waals surface area contributed by atoms with Crippen LogP contribution in [0.5, 0.6) is 0 Å². The SMILES string of the molecule is CCC(=O)O.COCC(C)O. The molecule has 1 unspecified atom stereocenters. The lowest BCUT2D eigenvalue weighted by Crippen LogP contribution is -2.07. The van der Waals surface area contributed by atoms with Gasteiger partial charge in [-0.05, 0) is 6.92 Å². The minimum Gasteiger partial charge on any atom is -0.481 e. The van der Waals surface area contributed by atoms with Gasteiger partial charge in [0.15, 0.2) is 0 Å². The molecule has 0 aliphatic rings. The first-order valence-electron chi connectivity index (χ1n) is 3.43. The summed E-state index contributed by atoms with van der Waals surface area (Å²) in [5, 5.41) is 16.1. The number of hydrogen-bond acceptors (Lipinski definition) is 3. The topological polar surface area (TPSA) is 66.8 Å². The minimum absolute atomic E-state index is 0.222. The Hall–Kier alpha value is -0.610. The molecule has 0 heterocycles. The summed E-state index contributed by atoms with van der Waals surface area (Å²) in [4.78, 5) is 9.37. The maximum absolute atomic E-state index is 9.37. The van der Waals surface area contributed by atoms with Gasteiger partial charge < -0.3 is 14.9 Å². The van der Waals surface area contributed by atoms with Gasteiger partial charge >= 0.3 is 5.97 Å². The van der Waals surface area contributed by atoms with Crippen molar-refractivity contribution in [1.29, 1.82) is 0 Å². The van der Waals surface area contributed by atoms with Gasteiger partial charge in [0.25, 0.3) is 0 Å². The summed E-state index contributed by atoms with van der Waals surface area (Å²) in [5.41, 5.74) is 0. The van der Waals surface area contributed by atoms with Gasteiger partial charge in [0.1, 0.15) is 0 Å². The van der Waals surface area contributed by atoms with Crippen molar-refractivity contribution in [2.75, 3.05) is 13.7 Å². The highest BCUT2D eigenvalue weighted by Crippen LogP contribution is 1.75. The summed E-state index contributed by atoms with van der Waals surface area (Å²) in [6.07, 6.45) is -0.102. The third kappa shape index (κ3) is 26.6. The first kappa shape index (κ1) is 13.0. The van der Waals surface area contributed by atoms with Gasteiger partial charge in [0.05, 0.1) is 12.7 Å². The molecule has 0 fully saturated rings. The zero-order valence-corrected chi connectivity index (χ0v) is 7.20. The number of carboxylic acid groups (broad SMARTS) is 1. The molecule has 0 saturated heterocycles. The van der Waals surface area contributed by atoms with E-state index in [4.69, 9.17) is 10.2 Å². The average Bonchev–Trinajstić information content (AvgIpc) is 1.89. The fraction of sp³-hybridized carbons (Fsp3) is 0.857. The Morgan fingerprint density at radius 1 is 1.64 bits per heavy atom. The molecule has 2 N–H and O–H groups in total. The zero-order valence-electron chi connectivity index (χ0n) is 7.20. The first-order valence-corrected chi connectivity index (χ1v) is 3.43. The Morgan fingerprint density at radius 2 is 2.00 bits per heavy atom. The van der Waals surface area contributed by atoms with Gasteiger partial charge in [0, 0.05) is 13.5 Å². The van der Waals surface area contributed by atoms with Crippen LogP contribution in [0.25, 0.3) is 0 Å². The van der Waals surface area contributed by atoms with E-state index in [0.717, 1.165) is 0 Å². The molecule has 1 atom stereocenters. The van der Waals surface area contributed by atoms with E-state index in [1.165, 1.54) is 0 Å². The summed E-state index contributed by atoms with van der Waals surface area (Å²) >= 11 is 0. The highest BCUT2D eigenvalue weighted by atomic mass is 16.5. The Kier molecular flexibility index (Phi) is 11.1. The maximum Gasteiger partial charge on any atom is 0.303 e. The van der Waals surface area contributed by atoms with Gasteiger partial charge in [-0.15, -0.1) is 0 Å². The Bertz CT molecular complexity index is 90.4. The summed E-state index contributed by atoms with van der Waals surface area (Å²) < 4.78 is 4.55. The van der Waals surface area contributed by atoms with Crippen LogP contribution < -0.4 is 0 Å². The lowest BCUT2D eigenvalue weighted by Gasteiger charge is -1.97. The molecule has 4 nitrogen and oxygen atoms in total. The van der Waals surface area contributed by atoms with Crippen LogP contribution in [0.2, 0.25) is 0 Å². The van der Waals surface area contributed by atoms with Gasteiger partial charge in [0.2, 0.25) is 0 Å². The van der Waals surface area contributed by atoms with Crippen LogP contribution >= 0.6 is 0 Å². The van der Waals surface area contributed by atoms with E-state index in [0.29, 0.717) is 6.61 Å². The molecule has 0 aromatic heterocycles. The van der Waals surface area contributed by atoms with Crippen LogP contribution in [0.3, 0.4) is 0 Å². The molecule has 11 heavy (non-hydrogen) atoms. The molecule has 0 aliphatic heterocycles. The normalized spacial score (nSPS) is 11.3. The highest BCUT2D eigenvalue weighted by molar-refractivity contribution is 5.66. The number of rotatable bonds is 3. The lowest BCUT2D eigenvalue weighted by molar-refractivity contribution is -0.136. The van der Waals surface area contributed by atoms with Gasteiger partial charge in [-0.3, -0.25) is 4.79 Å². The summed E-state index contributed by atoms with van der Waals surface area (Å²) in [7, 11) is 1.56. The molecule has 0 rings (SSSR count). The van der Waals surface area contributed by atoms with E-state index >= 15 is 0 Å². The molecule has 0 radical (unpaired) electrons. The van der Waals surface area contributed by atoms with Gasteiger partial charge in [-0.2, -0.15) is 0 Å². The van der Waals surface area contributed by atoms with Gasteiger partial charge in [-0.1, -0.05) is 6.92 Å². The second-order valence-electron chi connectivity index (χ2n) is 2.05. The molecular formula is C7H16O4. The molecule has 0 aromatic carbocycles. The Labute approximate surface area is 66.8 Å². The van der Waals surface area contributed by atoms with Crippen LogP contribution in [-0.2, 0) is 9.53 Å². The molecule has 0 aromatic rings. The van der Waals surface area contributed by atoms with Crippen LogP contribution in [0, 0.1) is 0 Å². The van der Waals surface area contributed by atoms with Crippen LogP contribution in [0.1, 0.15) is 20.3 Å². The second-order valence-corrected chi connectivity index (χ2v) is 2.05. The minimum atomic E-state index is -0.745. The van der Waals surface area contributed by atoms with E-state index in [9.17, 15) is 4.79 Å². The van der Waals surface area contributed by atoms with Crippen molar-refractivity contribution in [3.05, 3.63) is 0 Å². The van der Waals surface area contributed by atoms with Crippen molar-refractivity contribution in [2.24, 2.45) is 0 Å². The van der Waals surface area contributed by atoms with Gasteiger partial charge in [-0.25, -0.2) is 0 Å². The smallest absolute Gasteiger partial charge is 0.303 e. The molecular weight excluding hydrogens is 148 g/mol. The number of hydrogen-bond donors (Lipinski definition) is 2. The first-order chi connectivity index (χ1) is 5.04. The molecule has 0 aliphatic carbocycles. The van der Waals surface area contributed by atoms with Crippen molar-refractivity contribution in [3.8, 4) is 0 Å². The van der Waals surface area contributed by atoms with Crippen LogP contribution in [-0.4, -0.2) is 36.0 Å². The second kappa shape index (κ2) is 9.39. The number of aliphatic carboxylic acids is 1. The fourth-order valence-electron chi connectivity index (χ4n) is 0.241. The van der Waals surface area contributed by atoms with Crippen LogP contribution in [0.15, 0.2) is 0 Å². The van der Waals surface area contributed by atoms with E-state index in [2.05, 4.69) is 4.74 Å². The Balaban J connectivity index is 0.